The van der Waals surface area contributed by atoms with Crippen molar-refractivity contribution < 1.29 is 19.1 Å². The van der Waals surface area contributed by atoms with Crippen LogP contribution in [0.2, 0.25) is 0 Å². The summed E-state index contributed by atoms with van der Waals surface area (Å²) in [6.45, 7) is 4.38. The highest BCUT2D eigenvalue weighted by atomic mass is 32.2. The van der Waals surface area contributed by atoms with Crippen LogP contribution in [0.4, 0.5) is 0 Å². The van der Waals surface area contributed by atoms with Gasteiger partial charge in [0.15, 0.2) is 0 Å². The summed E-state index contributed by atoms with van der Waals surface area (Å²) in [6, 6.07) is -0.993. The predicted molar refractivity (Wildman–Crippen MR) is 75.0 cm³/mol. The number of hydrogen-bond acceptors (Lipinski definition) is 5. The molecule has 0 spiro atoms. The van der Waals surface area contributed by atoms with Gasteiger partial charge in [-0.05, 0) is 26.7 Å². The molecule has 7 heteroatoms. The highest BCUT2D eigenvalue weighted by Crippen LogP contribution is 2.38. The van der Waals surface area contributed by atoms with Crippen LogP contribution in [0.25, 0.3) is 0 Å². The zero-order valence-corrected chi connectivity index (χ0v) is 12.8. The van der Waals surface area contributed by atoms with E-state index in [-0.39, 0.29) is 16.7 Å². The van der Waals surface area contributed by atoms with Crippen molar-refractivity contribution >= 4 is 30.0 Å². The molecule has 6 nitrogen and oxygen atoms in total. The second-order valence-electron chi connectivity index (χ2n) is 5.50. The number of amides is 2. The number of carbonyl (C=O) groups excluding carboxylic acids is 3. The fourth-order valence-electron chi connectivity index (χ4n) is 2.81. The Morgan fingerprint density at radius 1 is 1.35 bits per heavy atom. The van der Waals surface area contributed by atoms with Crippen LogP contribution in [-0.4, -0.2) is 64.4 Å². The molecule has 2 aliphatic rings. The quantitative estimate of drug-likeness (QED) is 0.559. The van der Waals surface area contributed by atoms with Crippen LogP contribution < -0.4 is 0 Å². The summed E-state index contributed by atoms with van der Waals surface area (Å²) in [5.74, 6) is 0.0381. The lowest BCUT2D eigenvalue weighted by Crippen LogP contribution is -2.53. The van der Waals surface area contributed by atoms with E-state index in [9.17, 15) is 14.4 Å². The van der Waals surface area contributed by atoms with E-state index in [1.165, 1.54) is 7.11 Å². The maximum absolute atomic E-state index is 12.6. The first-order valence-corrected chi connectivity index (χ1v) is 7.67. The molecule has 0 N–H and O–H groups in total. The Balaban J connectivity index is 2.15. The van der Waals surface area contributed by atoms with Gasteiger partial charge in [-0.2, -0.15) is 0 Å². The molecule has 0 bridgehead atoms. The minimum absolute atomic E-state index is 0.150. The molecule has 0 aliphatic carbocycles. The molecule has 2 heterocycles. The van der Waals surface area contributed by atoms with Crippen molar-refractivity contribution in [3.05, 3.63) is 0 Å². The molecule has 0 aromatic carbocycles. The highest BCUT2D eigenvalue weighted by molar-refractivity contribution is 8.00. The second kappa shape index (κ2) is 5.63. The number of rotatable bonds is 3. The molecular weight excluding hydrogens is 280 g/mol. The van der Waals surface area contributed by atoms with Gasteiger partial charge in [-0.15, -0.1) is 11.8 Å². The van der Waals surface area contributed by atoms with E-state index in [1.54, 1.807) is 21.6 Å². The van der Waals surface area contributed by atoms with Gasteiger partial charge in [-0.3, -0.25) is 9.59 Å². The Morgan fingerprint density at radius 3 is 2.65 bits per heavy atom. The zero-order chi connectivity index (χ0) is 14.9. The number of methoxy groups -OCH3 is 1. The number of hydrogen-bond donors (Lipinski definition) is 0. The minimum Gasteiger partial charge on any atom is -0.467 e. The third kappa shape index (κ3) is 2.51. The van der Waals surface area contributed by atoms with Gasteiger partial charge in [0, 0.05) is 12.3 Å². The number of ether oxygens (including phenoxy) is 1. The maximum atomic E-state index is 12.6. The SMILES string of the molecule is COC(=O)[C@H]1CCCN1C(=O)[C@H]1CSC(C)(C)N1C=O. The van der Waals surface area contributed by atoms with Crippen LogP contribution in [0, 0.1) is 0 Å². The molecule has 2 atom stereocenters. The first kappa shape index (κ1) is 15.2. The van der Waals surface area contributed by atoms with Gasteiger partial charge in [0.05, 0.1) is 12.0 Å². The van der Waals surface area contributed by atoms with E-state index < -0.39 is 12.1 Å². The lowest BCUT2D eigenvalue weighted by Gasteiger charge is -2.33. The van der Waals surface area contributed by atoms with Gasteiger partial charge in [0.1, 0.15) is 12.1 Å². The number of thioether (sulfide) groups is 1. The smallest absolute Gasteiger partial charge is 0.328 e. The molecular formula is C13H20N2O4S. The summed E-state index contributed by atoms with van der Waals surface area (Å²) in [7, 11) is 1.33. The number of esters is 1. The van der Waals surface area contributed by atoms with E-state index >= 15 is 0 Å². The van der Waals surface area contributed by atoms with E-state index in [0.29, 0.717) is 18.7 Å². The average molecular weight is 300 g/mol. The van der Waals surface area contributed by atoms with Gasteiger partial charge in [-0.1, -0.05) is 0 Å². The zero-order valence-electron chi connectivity index (χ0n) is 12.0. The first-order chi connectivity index (χ1) is 9.42. The Labute approximate surface area is 122 Å². The third-order valence-corrected chi connectivity index (χ3v) is 5.36. The Bertz CT molecular complexity index is 427. The lowest BCUT2D eigenvalue weighted by molar-refractivity contribution is -0.153. The van der Waals surface area contributed by atoms with Gasteiger partial charge in [0.25, 0.3) is 0 Å². The molecule has 2 rings (SSSR count). The van der Waals surface area contributed by atoms with Crippen molar-refractivity contribution in [3.63, 3.8) is 0 Å². The normalized spacial score (nSPS) is 28.6. The molecule has 2 fully saturated rings. The van der Waals surface area contributed by atoms with Crippen LogP contribution in [0.1, 0.15) is 26.7 Å². The van der Waals surface area contributed by atoms with Crippen molar-refractivity contribution in [2.24, 2.45) is 0 Å². The van der Waals surface area contributed by atoms with Crippen molar-refractivity contribution in [2.75, 3.05) is 19.4 Å². The van der Waals surface area contributed by atoms with Crippen molar-refractivity contribution in [1.29, 1.82) is 0 Å². The number of nitrogens with zero attached hydrogens (tertiary/aromatic N) is 2. The van der Waals surface area contributed by atoms with Crippen LogP contribution >= 0.6 is 11.8 Å². The minimum atomic E-state index is -0.505. The molecule has 0 aromatic heterocycles. The van der Waals surface area contributed by atoms with Gasteiger partial charge in [-0.25, -0.2) is 4.79 Å². The summed E-state index contributed by atoms with van der Waals surface area (Å²) >= 11 is 1.57. The fourth-order valence-corrected chi connectivity index (χ4v) is 3.99. The van der Waals surface area contributed by atoms with E-state index in [4.69, 9.17) is 4.74 Å². The Morgan fingerprint density at radius 2 is 2.05 bits per heavy atom. The topological polar surface area (TPSA) is 66.9 Å². The molecule has 0 aromatic rings. The van der Waals surface area contributed by atoms with Crippen LogP contribution in [0.3, 0.4) is 0 Å². The Hall–Kier alpha value is -1.24. The van der Waals surface area contributed by atoms with Crippen LogP contribution in [0.15, 0.2) is 0 Å². The predicted octanol–water partition coefficient (Wildman–Crippen LogP) is 0.460. The Kier molecular flexibility index (Phi) is 4.27. The number of likely N-dealkylation sites (tertiary alicyclic amines) is 1. The van der Waals surface area contributed by atoms with E-state index in [1.807, 2.05) is 13.8 Å². The molecule has 2 aliphatic heterocycles. The lowest BCUT2D eigenvalue weighted by atomic mass is 10.1. The molecule has 0 radical (unpaired) electrons. The highest BCUT2D eigenvalue weighted by Gasteiger charge is 2.47. The first-order valence-electron chi connectivity index (χ1n) is 6.68. The van der Waals surface area contributed by atoms with Gasteiger partial charge in [0.2, 0.25) is 12.3 Å². The van der Waals surface area contributed by atoms with Gasteiger partial charge >= 0.3 is 5.97 Å². The average Bonchev–Trinajstić information content (AvgIpc) is 3.00. The number of carbonyl (C=O) groups is 3. The van der Waals surface area contributed by atoms with Crippen molar-refractivity contribution in [3.8, 4) is 0 Å². The second-order valence-corrected chi connectivity index (χ2v) is 7.12. The molecule has 112 valence electrons. The van der Waals surface area contributed by atoms with Gasteiger partial charge < -0.3 is 14.5 Å². The fraction of sp³-hybridized carbons (Fsp3) is 0.769. The van der Waals surface area contributed by atoms with E-state index in [0.717, 1.165) is 12.8 Å². The summed E-state index contributed by atoms with van der Waals surface area (Å²) < 4.78 is 4.75. The summed E-state index contributed by atoms with van der Waals surface area (Å²) in [4.78, 5) is 38.4. The summed E-state index contributed by atoms with van der Waals surface area (Å²) in [6.07, 6.45) is 2.14. The standard InChI is InChI=1S/C13H20N2O4S/c1-13(2)15(8-16)10(7-20-13)11(17)14-6-4-5-9(14)12(18)19-3/h8-10H,4-7H2,1-3H3/t9-,10-/m1/s1. The summed E-state index contributed by atoms with van der Waals surface area (Å²) in [5.41, 5.74) is 0. The van der Waals surface area contributed by atoms with Crippen LogP contribution in [-0.2, 0) is 19.1 Å². The molecule has 0 saturated carbocycles. The van der Waals surface area contributed by atoms with E-state index in [2.05, 4.69) is 0 Å². The molecule has 20 heavy (non-hydrogen) atoms. The van der Waals surface area contributed by atoms with Crippen LogP contribution in [0.5, 0.6) is 0 Å². The monoisotopic (exact) mass is 300 g/mol. The molecule has 0 unspecified atom stereocenters. The molecule has 2 amide bonds. The van der Waals surface area contributed by atoms with Crippen molar-refractivity contribution in [1.82, 2.24) is 9.80 Å². The summed E-state index contributed by atoms with van der Waals surface area (Å²) in [5, 5.41) is 0. The largest absolute Gasteiger partial charge is 0.467 e. The third-order valence-electron chi connectivity index (χ3n) is 3.96. The van der Waals surface area contributed by atoms with Crippen molar-refractivity contribution in [2.45, 2.75) is 43.6 Å². The maximum Gasteiger partial charge on any atom is 0.328 e. The molecule has 2 saturated heterocycles.